The third-order valence-corrected chi connectivity index (χ3v) is 6.05. The molecule has 4 aromatic carbocycles. The molecule has 0 aliphatic heterocycles. The minimum Gasteiger partial charge on any atom is -0.505 e. The van der Waals surface area contributed by atoms with Crippen molar-refractivity contribution in [3.05, 3.63) is 113 Å². The van der Waals surface area contributed by atoms with Crippen molar-refractivity contribution < 1.29 is 28.9 Å². The number of fused-ring (bicyclic) bond motifs is 1. The van der Waals surface area contributed by atoms with Crippen molar-refractivity contribution in [3.63, 3.8) is 0 Å². The summed E-state index contributed by atoms with van der Waals surface area (Å²) in [4.78, 5) is 18.6. The average Bonchev–Trinajstić information content (AvgIpc) is 3.23. The summed E-state index contributed by atoms with van der Waals surface area (Å²) in [5, 5.41) is 31.4. The molecule has 1 aromatic heterocycles. The van der Waals surface area contributed by atoms with Gasteiger partial charge < -0.3 is 20.3 Å². The van der Waals surface area contributed by atoms with E-state index < -0.39 is 17.6 Å². The van der Waals surface area contributed by atoms with E-state index in [0.717, 1.165) is 6.07 Å². The molecule has 4 N–H and O–H groups in total. The van der Waals surface area contributed by atoms with Gasteiger partial charge in [0.05, 0.1) is 11.1 Å². The number of phenolic OH excluding ortho intramolecular Hbond substituents is 1. The molecule has 188 valence electrons. The number of halogens is 2. The van der Waals surface area contributed by atoms with E-state index in [2.05, 4.69) is 9.98 Å². The number of aromatic hydroxyl groups is 2. The summed E-state index contributed by atoms with van der Waals surface area (Å²) in [6.45, 7) is 0. The Bertz CT molecular complexity index is 1760. The van der Waals surface area contributed by atoms with Gasteiger partial charge in [0.25, 0.3) is 0 Å². The van der Waals surface area contributed by atoms with Crippen LogP contribution in [-0.2, 0) is 0 Å². The number of nitrogens with zero attached hydrogens (tertiary/aromatic N) is 1. The minimum atomic E-state index is -1.08. The second-order valence-corrected chi connectivity index (χ2v) is 8.47. The topological polar surface area (TPSA) is 106 Å². The zero-order valence-corrected chi connectivity index (χ0v) is 19.7. The van der Waals surface area contributed by atoms with E-state index in [-0.39, 0.29) is 28.4 Å². The first-order valence-electron chi connectivity index (χ1n) is 11.5. The van der Waals surface area contributed by atoms with Crippen LogP contribution in [0.2, 0.25) is 0 Å². The molecule has 38 heavy (non-hydrogen) atoms. The maximum atomic E-state index is 14.1. The molecule has 0 unspecified atom stereocenters. The van der Waals surface area contributed by atoms with E-state index in [0.29, 0.717) is 33.2 Å². The monoisotopic (exact) mass is 510 g/mol. The predicted molar refractivity (Wildman–Crippen MR) is 143 cm³/mol. The molecule has 6 nitrogen and oxygen atoms in total. The third kappa shape index (κ3) is 4.75. The molecule has 0 atom stereocenters. The van der Waals surface area contributed by atoms with Crippen LogP contribution in [0.15, 0.2) is 83.9 Å². The fraction of sp³-hybridized carbons (Fsp3) is 0. The second kappa shape index (κ2) is 10.0. The Hall–Kier alpha value is -5.24. The Kier molecular flexibility index (Phi) is 6.45. The number of aromatic amines is 1. The highest BCUT2D eigenvalue weighted by Gasteiger charge is 2.14. The summed E-state index contributed by atoms with van der Waals surface area (Å²) in [5.74, 6) is -2.75. The highest BCUT2D eigenvalue weighted by molar-refractivity contribution is 6.07. The number of benzene rings is 4. The van der Waals surface area contributed by atoms with Crippen LogP contribution in [0, 0.1) is 11.6 Å². The van der Waals surface area contributed by atoms with Gasteiger partial charge in [-0.15, -0.1) is 0 Å². The van der Waals surface area contributed by atoms with Crippen molar-refractivity contribution in [2.75, 3.05) is 0 Å². The smallest absolute Gasteiger partial charge is 0.335 e. The lowest BCUT2D eigenvalue weighted by molar-refractivity contribution is 0.0697. The molecule has 0 fully saturated rings. The molecule has 0 aliphatic rings. The Morgan fingerprint density at radius 1 is 0.868 bits per heavy atom. The van der Waals surface area contributed by atoms with E-state index >= 15 is 0 Å². The number of H-pyrrole nitrogens is 1. The van der Waals surface area contributed by atoms with Crippen molar-refractivity contribution in [3.8, 4) is 22.8 Å². The van der Waals surface area contributed by atoms with Gasteiger partial charge in [0.1, 0.15) is 23.1 Å². The third-order valence-electron chi connectivity index (χ3n) is 6.05. The summed E-state index contributed by atoms with van der Waals surface area (Å²) in [6.07, 6.45) is 4.56. The summed E-state index contributed by atoms with van der Waals surface area (Å²) in [7, 11) is 0. The molecule has 0 radical (unpaired) electrons. The van der Waals surface area contributed by atoms with Crippen LogP contribution in [0.1, 0.15) is 27.0 Å². The molecule has 0 spiro atoms. The molecule has 0 bridgehead atoms. The second-order valence-electron chi connectivity index (χ2n) is 8.47. The van der Waals surface area contributed by atoms with Crippen LogP contribution >= 0.6 is 0 Å². The van der Waals surface area contributed by atoms with E-state index in [1.807, 2.05) is 0 Å². The van der Waals surface area contributed by atoms with Crippen molar-refractivity contribution in [2.45, 2.75) is 0 Å². The first-order valence-corrected chi connectivity index (χ1v) is 11.5. The number of aliphatic imine (C=N–C) groups is 1. The average molecular weight is 510 g/mol. The summed E-state index contributed by atoms with van der Waals surface area (Å²) < 4.78 is 27.3. The SMILES string of the molecule is O=C(O)c1cccc(-c2cccc(N=Cc3c(O)[nH]c4cccc(/C=C/c5ccc(F)cc5F)c34)c2O)c1. The van der Waals surface area contributed by atoms with Gasteiger partial charge in [-0.25, -0.2) is 13.6 Å². The van der Waals surface area contributed by atoms with Crippen LogP contribution in [0.5, 0.6) is 11.6 Å². The molecule has 5 rings (SSSR count). The van der Waals surface area contributed by atoms with Gasteiger partial charge in [-0.3, -0.25) is 4.99 Å². The van der Waals surface area contributed by atoms with Gasteiger partial charge in [-0.1, -0.05) is 48.6 Å². The number of hydrogen-bond donors (Lipinski definition) is 4. The molecule has 1 heterocycles. The van der Waals surface area contributed by atoms with Crippen LogP contribution in [0.25, 0.3) is 34.2 Å². The molecule has 0 saturated carbocycles. The summed E-state index contributed by atoms with van der Waals surface area (Å²) in [6, 6.07) is 19.7. The largest absolute Gasteiger partial charge is 0.505 e. The molecule has 0 aliphatic carbocycles. The number of carboxylic acid groups (broad SMARTS) is 1. The number of nitrogens with one attached hydrogen (secondary N) is 1. The Morgan fingerprint density at radius 3 is 2.42 bits per heavy atom. The fourth-order valence-corrected chi connectivity index (χ4v) is 4.19. The quantitative estimate of drug-likeness (QED) is 0.144. The lowest BCUT2D eigenvalue weighted by Gasteiger charge is -2.08. The number of carbonyl (C=O) groups is 1. The maximum absolute atomic E-state index is 14.1. The van der Waals surface area contributed by atoms with E-state index in [4.69, 9.17) is 0 Å². The van der Waals surface area contributed by atoms with Gasteiger partial charge in [0.15, 0.2) is 5.88 Å². The predicted octanol–water partition coefficient (Wildman–Crippen LogP) is 7.14. The molecular formula is C30H20F2N2O4. The summed E-state index contributed by atoms with van der Waals surface area (Å²) in [5.41, 5.74) is 3.00. The van der Waals surface area contributed by atoms with E-state index in [1.54, 1.807) is 54.6 Å². The van der Waals surface area contributed by atoms with Crippen molar-refractivity contribution in [1.82, 2.24) is 4.98 Å². The zero-order chi connectivity index (χ0) is 26.8. The summed E-state index contributed by atoms with van der Waals surface area (Å²) >= 11 is 0. The number of rotatable bonds is 6. The number of aromatic nitrogens is 1. The Labute approximate surface area is 215 Å². The standard InChI is InChI=1S/C30H20F2N2O4/c31-21-13-12-17(24(32)15-21)10-11-18-4-2-8-25-27(18)23(29(36)34-25)16-33-26-9-3-7-22(28(26)35)19-5-1-6-20(14-19)30(37)38/h1-16,34-36H,(H,37,38)/b11-10+,33-16?. The normalized spacial score (nSPS) is 11.6. The van der Waals surface area contributed by atoms with Crippen molar-refractivity contribution in [2.24, 2.45) is 4.99 Å². The highest BCUT2D eigenvalue weighted by atomic mass is 19.1. The number of hydrogen-bond acceptors (Lipinski definition) is 4. The van der Waals surface area contributed by atoms with Gasteiger partial charge in [-0.05, 0) is 47.5 Å². The molecule has 5 aromatic rings. The fourth-order valence-electron chi connectivity index (χ4n) is 4.19. The number of aromatic carboxylic acids is 1. The number of carboxylic acids is 1. The van der Waals surface area contributed by atoms with Gasteiger partial charge in [0, 0.05) is 34.3 Å². The maximum Gasteiger partial charge on any atom is 0.335 e. The van der Waals surface area contributed by atoms with Crippen molar-refractivity contribution in [1.29, 1.82) is 0 Å². The molecular weight excluding hydrogens is 490 g/mol. The number of phenols is 1. The molecule has 0 amide bonds. The lowest BCUT2D eigenvalue weighted by Crippen LogP contribution is -1.95. The molecule has 0 saturated heterocycles. The zero-order valence-electron chi connectivity index (χ0n) is 19.7. The van der Waals surface area contributed by atoms with Gasteiger partial charge >= 0.3 is 5.97 Å². The van der Waals surface area contributed by atoms with Crippen LogP contribution in [-0.4, -0.2) is 32.5 Å². The Morgan fingerprint density at radius 2 is 1.63 bits per heavy atom. The minimum absolute atomic E-state index is 0.0839. The Balaban J connectivity index is 1.54. The van der Waals surface area contributed by atoms with Crippen LogP contribution < -0.4 is 0 Å². The first kappa shape index (κ1) is 24.5. The van der Waals surface area contributed by atoms with Gasteiger partial charge in [-0.2, -0.15) is 0 Å². The molecule has 8 heteroatoms. The lowest BCUT2D eigenvalue weighted by atomic mass is 10.0. The van der Waals surface area contributed by atoms with Crippen LogP contribution in [0.4, 0.5) is 14.5 Å². The highest BCUT2D eigenvalue weighted by Crippen LogP contribution is 2.38. The van der Waals surface area contributed by atoms with Gasteiger partial charge in [0.2, 0.25) is 0 Å². The van der Waals surface area contributed by atoms with Crippen molar-refractivity contribution >= 4 is 40.9 Å². The van der Waals surface area contributed by atoms with E-state index in [9.17, 15) is 28.9 Å². The number of para-hydroxylation sites is 1. The van der Waals surface area contributed by atoms with Crippen LogP contribution in [0.3, 0.4) is 0 Å². The van der Waals surface area contributed by atoms with E-state index in [1.165, 1.54) is 36.6 Å². The first-order chi connectivity index (χ1) is 18.3.